The van der Waals surface area contributed by atoms with Gasteiger partial charge in [-0.15, -0.1) is 5.10 Å². The van der Waals surface area contributed by atoms with Crippen molar-refractivity contribution >= 4 is 22.0 Å². The van der Waals surface area contributed by atoms with E-state index in [2.05, 4.69) is 36.4 Å². The van der Waals surface area contributed by atoms with Crippen molar-refractivity contribution in [1.82, 2.24) is 25.1 Å². The first-order valence-electron chi connectivity index (χ1n) is 6.37. The van der Waals surface area contributed by atoms with Crippen molar-refractivity contribution in [2.45, 2.75) is 0 Å². The van der Waals surface area contributed by atoms with Gasteiger partial charge in [0.25, 0.3) is 0 Å². The van der Waals surface area contributed by atoms with E-state index < -0.39 is 0 Å². The third-order valence-electron chi connectivity index (χ3n) is 3.04. The SMILES string of the molecule is Brc1ccc(-n2nnnc2/C=C\N2CCOCC2)cc1. The normalized spacial score (nSPS) is 15.9. The summed E-state index contributed by atoms with van der Waals surface area (Å²) in [6.45, 7) is 3.33. The van der Waals surface area contributed by atoms with Gasteiger partial charge in [0.2, 0.25) is 0 Å². The number of ether oxygens (including phenoxy) is 1. The van der Waals surface area contributed by atoms with Gasteiger partial charge in [-0.1, -0.05) is 15.9 Å². The zero-order chi connectivity index (χ0) is 13.8. The van der Waals surface area contributed by atoms with Gasteiger partial charge >= 0.3 is 0 Å². The van der Waals surface area contributed by atoms with Gasteiger partial charge in [0, 0.05) is 29.8 Å². The first-order valence-corrected chi connectivity index (χ1v) is 7.16. The molecule has 0 atom stereocenters. The minimum absolute atomic E-state index is 0.707. The molecule has 20 heavy (non-hydrogen) atoms. The van der Waals surface area contributed by atoms with E-state index in [1.165, 1.54) is 0 Å². The number of rotatable bonds is 3. The Balaban J connectivity index is 1.79. The monoisotopic (exact) mass is 335 g/mol. The van der Waals surface area contributed by atoms with E-state index in [1.54, 1.807) is 4.68 Å². The average molecular weight is 336 g/mol. The highest BCUT2D eigenvalue weighted by Crippen LogP contribution is 2.14. The lowest BCUT2D eigenvalue weighted by atomic mass is 10.3. The molecule has 1 aromatic heterocycles. The van der Waals surface area contributed by atoms with Crippen molar-refractivity contribution in [1.29, 1.82) is 0 Å². The summed E-state index contributed by atoms with van der Waals surface area (Å²) in [7, 11) is 0. The zero-order valence-electron chi connectivity index (χ0n) is 10.8. The molecule has 0 saturated carbocycles. The summed E-state index contributed by atoms with van der Waals surface area (Å²) in [4.78, 5) is 2.20. The fourth-order valence-corrected chi connectivity index (χ4v) is 2.23. The number of hydrogen-bond donors (Lipinski definition) is 0. The van der Waals surface area contributed by atoms with Crippen molar-refractivity contribution in [3.05, 3.63) is 40.8 Å². The Kier molecular flexibility index (Phi) is 4.08. The van der Waals surface area contributed by atoms with Crippen LogP contribution in [0.15, 0.2) is 34.9 Å². The molecular formula is C13H14BrN5O. The molecule has 104 valence electrons. The van der Waals surface area contributed by atoms with Crippen molar-refractivity contribution in [3.63, 3.8) is 0 Å². The van der Waals surface area contributed by atoms with Gasteiger partial charge in [0.1, 0.15) is 0 Å². The third-order valence-corrected chi connectivity index (χ3v) is 3.57. The summed E-state index contributed by atoms with van der Waals surface area (Å²) in [5.41, 5.74) is 0.930. The van der Waals surface area contributed by atoms with Crippen LogP contribution in [0.4, 0.5) is 0 Å². The molecule has 0 spiro atoms. The molecule has 0 N–H and O–H groups in total. The number of hydrogen-bond acceptors (Lipinski definition) is 5. The first kappa shape index (κ1) is 13.3. The summed E-state index contributed by atoms with van der Waals surface area (Å²) in [5.74, 6) is 0.707. The Morgan fingerprint density at radius 1 is 1.15 bits per heavy atom. The van der Waals surface area contributed by atoms with E-state index >= 15 is 0 Å². The van der Waals surface area contributed by atoms with E-state index in [4.69, 9.17) is 4.74 Å². The number of tetrazole rings is 1. The van der Waals surface area contributed by atoms with Gasteiger partial charge in [0.05, 0.1) is 18.9 Å². The molecule has 0 bridgehead atoms. The lowest BCUT2D eigenvalue weighted by Crippen LogP contribution is -2.31. The van der Waals surface area contributed by atoms with Crippen LogP contribution in [0.3, 0.4) is 0 Å². The Labute approximate surface area is 125 Å². The van der Waals surface area contributed by atoms with Crippen LogP contribution in [-0.4, -0.2) is 51.4 Å². The molecule has 0 amide bonds. The molecule has 1 aliphatic heterocycles. The number of halogens is 1. The van der Waals surface area contributed by atoms with E-state index in [0.29, 0.717) is 5.82 Å². The quantitative estimate of drug-likeness (QED) is 0.854. The van der Waals surface area contributed by atoms with Crippen molar-refractivity contribution < 1.29 is 4.74 Å². The number of morpholine rings is 1. The topological polar surface area (TPSA) is 56.1 Å². The molecule has 0 unspecified atom stereocenters. The molecule has 6 nitrogen and oxygen atoms in total. The molecule has 3 rings (SSSR count). The molecule has 2 aromatic rings. The summed E-state index contributed by atoms with van der Waals surface area (Å²) in [6.07, 6.45) is 3.94. The first-order chi connectivity index (χ1) is 9.83. The van der Waals surface area contributed by atoms with E-state index in [9.17, 15) is 0 Å². The Morgan fingerprint density at radius 3 is 2.65 bits per heavy atom. The second-order valence-electron chi connectivity index (χ2n) is 4.39. The Hall–Kier alpha value is -1.73. The zero-order valence-corrected chi connectivity index (χ0v) is 12.4. The standard InChI is InChI=1S/C13H14BrN5O/c14-11-1-3-12(4-2-11)19-13(15-16-17-19)5-6-18-7-9-20-10-8-18/h1-6H,7-10H2/b6-5-. The van der Waals surface area contributed by atoms with Crippen LogP contribution >= 0.6 is 15.9 Å². The predicted molar refractivity (Wildman–Crippen MR) is 78.3 cm³/mol. The van der Waals surface area contributed by atoms with Crippen molar-refractivity contribution in [2.24, 2.45) is 0 Å². The Morgan fingerprint density at radius 2 is 1.90 bits per heavy atom. The van der Waals surface area contributed by atoms with Crippen LogP contribution in [-0.2, 0) is 4.74 Å². The lowest BCUT2D eigenvalue weighted by Gasteiger charge is -2.24. The predicted octanol–water partition coefficient (Wildman–Crippen LogP) is 1.73. The fourth-order valence-electron chi connectivity index (χ4n) is 1.96. The molecule has 7 heteroatoms. The molecule has 2 heterocycles. The van der Waals surface area contributed by atoms with Gasteiger partial charge in [-0.05, 0) is 34.7 Å². The van der Waals surface area contributed by atoms with Gasteiger partial charge in [-0.2, -0.15) is 4.68 Å². The summed E-state index contributed by atoms with van der Waals surface area (Å²) in [5, 5.41) is 11.8. The van der Waals surface area contributed by atoms with E-state index in [1.807, 2.05) is 36.5 Å². The maximum Gasteiger partial charge on any atom is 0.181 e. The van der Waals surface area contributed by atoms with Gasteiger partial charge in [0.15, 0.2) is 5.82 Å². The number of aromatic nitrogens is 4. The summed E-state index contributed by atoms with van der Waals surface area (Å²) < 4.78 is 8.05. The maximum atomic E-state index is 5.32. The average Bonchev–Trinajstić information content (AvgIpc) is 2.95. The summed E-state index contributed by atoms with van der Waals surface area (Å²) >= 11 is 3.42. The molecule has 1 aromatic carbocycles. The molecule has 1 fully saturated rings. The fraction of sp³-hybridized carbons (Fsp3) is 0.308. The lowest BCUT2D eigenvalue weighted by molar-refractivity contribution is 0.0597. The van der Waals surface area contributed by atoms with Crippen LogP contribution in [0.5, 0.6) is 0 Å². The highest BCUT2D eigenvalue weighted by Gasteiger charge is 2.08. The summed E-state index contributed by atoms with van der Waals surface area (Å²) in [6, 6.07) is 7.86. The molecule has 0 radical (unpaired) electrons. The number of nitrogens with zero attached hydrogens (tertiary/aromatic N) is 5. The largest absolute Gasteiger partial charge is 0.378 e. The van der Waals surface area contributed by atoms with Crippen LogP contribution < -0.4 is 0 Å². The molecule has 1 aliphatic rings. The van der Waals surface area contributed by atoms with Crippen LogP contribution in [0.2, 0.25) is 0 Å². The smallest absolute Gasteiger partial charge is 0.181 e. The highest BCUT2D eigenvalue weighted by atomic mass is 79.9. The van der Waals surface area contributed by atoms with E-state index in [0.717, 1.165) is 36.5 Å². The van der Waals surface area contributed by atoms with Gasteiger partial charge < -0.3 is 9.64 Å². The van der Waals surface area contributed by atoms with Gasteiger partial charge in [-0.3, -0.25) is 0 Å². The van der Waals surface area contributed by atoms with Crippen LogP contribution in [0.1, 0.15) is 5.82 Å². The molecular weight excluding hydrogens is 322 g/mol. The minimum atomic E-state index is 0.707. The van der Waals surface area contributed by atoms with Crippen molar-refractivity contribution in [2.75, 3.05) is 26.3 Å². The Bertz CT molecular complexity index is 589. The van der Waals surface area contributed by atoms with E-state index in [-0.39, 0.29) is 0 Å². The molecule has 1 saturated heterocycles. The van der Waals surface area contributed by atoms with Gasteiger partial charge in [-0.25, -0.2) is 0 Å². The third kappa shape index (κ3) is 3.05. The number of benzene rings is 1. The van der Waals surface area contributed by atoms with Crippen molar-refractivity contribution in [3.8, 4) is 5.69 Å². The maximum absolute atomic E-state index is 5.32. The molecule has 0 aliphatic carbocycles. The second kappa shape index (κ2) is 6.15. The second-order valence-corrected chi connectivity index (χ2v) is 5.31. The van der Waals surface area contributed by atoms with Crippen LogP contribution in [0, 0.1) is 0 Å². The van der Waals surface area contributed by atoms with Crippen LogP contribution in [0.25, 0.3) is 11.8 Å². The highest BCUT2D eigenvalue weighted by molar-refractivity contribution is 9.10. The minimum Gasteiger partial charge on any atom is -0.378 e.